The number of benzene rings is 1. The Bertz CT molecular complexity index is 1480. The van der Waals surface area contributed by atoms with Gasteiger partial charge in [-0.15, -0.1) is 6.42 Å². The van der Waals surface area contributed by atoms with Crippen molar-refractivity contribution < 1.29 is 9.13 Å². The summed E-state index contributed by atoms with van der Waals surface area (Å²) in [7, 11) is 1.76. The van der Waals surface area contributed by atoms with Crippen molar-refractivity contribution in [1.82, 2.24) is 24.9 Å². The van der Waals surface area contributed by atoms with Gasteiger partial charge in [0, 0.05) is 31.1 Å². The van der Waals surface area contributed by atoms with Crippen molar-refractivity contribution in [3.8, 4) is 24.1 Å². The van der Waals surface area contributed by atoms with Crippen LogP contribution in [-0.2, 0) is 0 Å². The first-order valence-electron chi connectivity index (χ1n) is 11.6. The number of nitrogens with two attached hydrogens (primary N) is 1. The highest BCUT2D eigenvalue weighted by Gasteiger charge is 2.44. The fraction of sp³-hybridized carbons (Fsp3) is 0.360. The Morgan fingerprint density at radius 3 is 2.74 bits per heavy atom. The summed E-state index contributed by atoms with van der Waals surface area (Å²) in [6.07, 6.45) is 10.5. The van der Waals surface area contributed by atoms with E-state index >= 15 is 0 Å². The van der Waals surface area contributed by atoms with Gasteiger partial charge in [0.15, 0.2) is 5.75 Å². The van der Waals surface area contributed by atoms with Crippen molar-refractivity contribution in [1.29, 1.82) is 0 Å². The predicted molar refractivity (Wildman–Crippen MR) is 132 cm³/mol. The van der Waals surface area contributed by atoms with E-state index in [4.69, 9.17) is 21.9 Å². The van der Waals surface area contributed by atoms with Crippen molar-refractivity contribution >= 4 is 33.4 Å². The maximum atomic E-state index is 14.5. The lowest BCUT2D eigenvalue weighted by Gasteiger charge is -2.31. The lowest BCUT2D eigenvalue weighted by Crippen LogP contribution is -2.41. The van der Waals surface area contributed by atoms with Crippen molar-refractivity contribution in [3.63, 3.8) is 0 Å². The summed E-state index contributed by atoms with van der Waals surface area (Å²) in [5.74, 6) is 4.13. The maximum absolute atomic E-state index is 14.5. The number of anilines is 2. The molecule has 4 aromatic rings. The van der Waals surface area contributed by atoms with Gasteiger partial charge in [-0.1, -0.05) is 5.92 Å². The molecule has 1 aliphatic heterocycles. The lowest BCUT2D eigenvalue weighted by molar-refractivity contribution is 0.435. The number of aromatic amines is 1. The first-order chi connectivity index (χ1) is 16.9. The topological polar surface area (TPSA) is 118 Å². The molecule has 4 N–H and O–H groups in total. The third kappa shape index (κ3) is 3.51. The Morgan fingerprint density at radius 2 is 2.09 bits per heavy atom. The van der Waals surface area contributed by atoms with Crippen molar-refractivity contribution in [2.45, 2.75) is 37.8 Å². The zero-order valence-electron chi connectivity index (χ0n) is 19.4. The second-order valence-electron chi connectivity index (χ2n) is 9.27. The van der Waals surface area contributed by atoms with E-state index in [9.17, 15) is 4.39 Å². The van der Waals surface area contributed by atoms with Gasteiger partial charge in [-0.25, -0.2) is 14.4 Å². The Kier molecular flexibility index (Phi) is 4.96. The van der Waals surface area contributed by atoms with Gasteiger partial charge in [0.1, 0.15) is 23.1 Å². The molecule has 0 spiro atoms. The lowest BCUT2D eigenvalue weighted by atomic mass is 10.0. The average Bonchev–Trinajstić information content (AvgIpc) is 3.55. The van der Waals surface area contributed by atoms with Crippen LogP contribution in [0.2, 0.25) is 0 Å². The number of ether oxygens (including phenoxy) is 1. The molecule has 1 saturated carbocycles. The summed E-state index contributed by atoms with van der Waals surface area (Å²) in [6, 6.07) is 3.59. The maximum Gasteiger partial charge on any atom is 0.326 e. The fourth-order valence-electron chi connectivity index (χ4n) is 5.31. The van der Waals surface area contributed by atoms with Gasteiger partial charge in [-0.2, -0.15) is 9.97 Å². The summed E-state index contributed by atoms with van der Waals surface area (Å²) in [4.78, 5) is 23.6. The first-order valence-corrected chi connectivity index (χ1v) is 11.6. The van der Waals surface area contributed by atoms with E-state index in [2.05, 4.69) is 36.1 Å². The van der Waals surface area contributed by atoms with E-state index in [1.807, 2.05) is 6.92 Å². The molecule has 1 unspecified atom stereocenters. The molecule has 1 saturated heterocycles. The minimum Gasteiger partial charge on any atom is -0.421 e. The molecule has 2 bridgehead atoms. The SMILES string of the molecule is C#CC(C)c1ncc(Oc2nc(N3C[C@H]4C[C@@H]3C[C@H]4N)c3c(n2)[nH]c2c(NC)cc(F)cc23)cn1. The molecule has 10 heteroatoms. The Balaban J connectivity index is 1.48. The number of hydrogen-bond acceptors (Lipinski definition) is 8. The highest BCUT2D eigenvalue weighted by Crippen LogP contribution is 2.44. The van der Waals surface area contributed by atoms with Crippen LogP contribution in [0.25, 0.3) is 21.9 Å². The third-order valence-corrected chi connectivity index (χ3v) is 7.12. The van der Waals surface area contributed by atoms with Gasteiger partial charge in [0.2, 0.25) is 0 Å². The van der Waals surface area contributed by atoms with Gasteiger partial charge >= 0.3 is 6.01 Å². The summed E-state index contributed by atoms with van der Waals surface area (Å²) < 4.78 is 20.5. The van der Waals surface area contributed by atoms with Crippen LogP contribution < -0.4 is 20.7 Å². The number of nitrogens with zero attached hydrogens (tertiary/aromatic N) is 5. The highest BCUT2D eigenvalue weighted by molar-refractivity contribution is 6.14. The molecule has 9 nitrogen and oxygen atoms in total. The normalized spacial score (nSPS) is 22.0. The van der Waals surface area contributed by atoms with Crippen molar-refractivity contribution in [2.75, 3.05) is 23.8 Å². The molecule has 35 heavy (non-hydrogen) atoms. The van der Waals surface area contributed by atoms with Crippen molar-refractivity contribution in [2.24, 2.45) is 11.7 Å². The molecule has 0 amide bonds. The quantitative estimate of drug-likeness (QED) is 0.378. The largest absolute Gasteiger partial charge is 0.421 e. The van der Waals surface area contributed by atoms with Crippen LogP contribution >= 0.6 is 0 Å². The number of piperidine rings is 1. The number of hydrogen-bond donors (Lipinski definition) is 3. The standard InChI is InChI=1S/C25H25FN8O/c1-4-12(2)22-29-9-16(10-30-22)35-25-32-23-20(17-6-14(26)7-19(28-3)21(17)31-23)24(33-25)34-11-13-5-15(34)8-18(13)27/h1,6-7,9-10,12-13,15,18,28H,5,8,11,27H2,2-3H3,(H,31,32,33)/t12?,13-,15-,18-/m1/s1. The van der Waals surface area contributed by atoms with Crippen LogP contribution in [0.15, 0.2) is 24.5 Å². The summed E-state index contributed by atoms with van der Waals surface area (Å²) in [6.45, 7) is 2.65. The third-order valence-electron chi connectivity index (χ3n) is 7.12. The smallest absolute Gasteiger partial charge is 0.326 e. The Labute approximate surface area is 201 Å². The molecule has 6 rings (SSSR count). The summed E-state index contributed by atoms with van der Waals surface area (Å²) >= 11 is 0. The number of nitrogens with one attached hydrogen (secondary N) is 2. The van der Waals surface area contributed by atoms with E-state index < -0.39 is 0 Å². The number of terminal acetylenes is 1. The number of H-pyrrole nitrogens is 1. The second kappa shape index (κ2) is 8.06. The zero-order valence-corrected chi connectivity index (χ0v) is 19.4. The first kappa shape index (κ1) is 21.6. The van der Waals surface area contributed by atoms with Crippen LogP contribution in [-0.4, -0.2) is 50.6 Å². The molecule has 4 heterocycles. The number of aromatic nitrogens is 5. The van der Waals surface area contributed by atoms with Gasteiger partial charge in [-0.05, 0) is 37.8 Å². The molecule has 178 valence electrons. The van der Waals surface area contributed by atoms with E-state index in [1.54, 1.807) is 19.4 Å². The average molecular weight is 473 g/mol. The van der Waals surface area contributed by atoms with Crippen LogP contribution in [0.4, 0.5) is 15.9 Å². The van der Waals surface area contributed by atoms with Crippen LogP contribution in [0.1, 0.15) is 31.5 Å². The van der Waals surface area contributed by atoms with E-state index in [0.29, 0.717) is 40.0 Å². The van der Waals surface area contributed by atoms with Crippen LogP contribution in [0, 0.1) is 24.1 Å². The number of halogens is 1. The molecule has 2 fully saturated rings. The number of fused-ring (bicyclic) bond motifs is 5. The minimum absolute atomic E-state index is 0.152. The molecule has 2 aliphatic rings. The van der Waals surface area contributed by atoms with Crippen LogP contribution in [0.5, 0.6) is 11.8 Å². The molecular formula is C25H25FN8O. The van der Waals surface area contributed by atoms with E-state index in [1.165, 1.54) is 12.1 Å². The second-order valence-corrected chi connectivity index (χ2v) is 9.27. The monoisotopic (exact) mass is 472 g/mol. The van der Waals surface area contributed by atoms with Crippen LogP contribution in [0.3, 0.4) is 0 Å². The summed E-state index contributed by atoms with van der Waals surface area (Å²) in [5, 5.41) is 4.54. The Morgan fingerprint density at radius 1 is 1.29 bits per heavy atom. The zero-order chi connectivity index (χ0) is 24.3. The van der Waals surface area contributed by atoms with Gasteiger partial charge in [0.25, 0.3) is 0 Å². The molecule has 1 aromatic carbocycles. The van der Waals surface area contributed by atoms with Gasteiger partial charge < -0.3 is 25.7 Å². The van der Waals surface area contributed by atoms with Crippen molar-refractivity contribution in [3.05, 3.63) is 36.2 Å². The highest BCUT2D eigenvalue weighted by atomic mass is 19.1. The molecule has 1 aliphatic carbocycles. The minimum atomic E-state index is -0.336. The fourth-order valence-corrected chi connectivity index (χ4v) is 5.31. The van der Waals surface area contributed by atoms with E-state index in [-0.39, 0.29) is 29.8 Å². The number of rotatable bonds is 5. The predicted octanol–water partition coefficient (Wildman–Crippen LogP) is 3.54. The molecule has 3 aromatic heterocycles. The summed E-state index contributed by atoms with van der Waals surface area (Å²) in [5.41, 5.74) is 8.26. The molecule has 4 atom stereocenters. The Hall–Kier alpha value is -3.97. The van der Waals surface area contributed by atoms with Gasteiger partial charge in [0.05, 0.1) is 34.9 Å². The van der Waals surface area contributed by atoms with E-state index in [0.717, 1.165) is 30.3 Å². The molecular weight excluding hydrogens is 447 g/mol. The van der Waals surface area contributed by atoms with Gasteiger partial charge in [-0.3, -0.25) is 0 Å². The molecule has 0 radical (unpaired) electrons.